The highest BCUT2D eigenvalue weighted by atomic mass is 79.9. The van der Waals surface area contributed by atoms with E-state index in [4.69, 9.17) is 5.73 Å². The van der Waals surface area contributed by atoms with Gasteiger partial charge in [-0.15, -0.1) is 0 Å². The molecular formula is C13H21BrN2O2S. The van der Waals surface area contributed by atoms with Gasteiger partial charge in [0.15, 0.2) is 0 Å². The summed E-state index contributed by atoms with van der Waals surface area (Å²) in [4.78, 5) is 0.138. The molecule has 0 atom stereocenters. The number of anilines is 1. The van der Waals surface area contributed by atoms with Gasteiger partial charge in [-0.25, -0.2) is 13.1 Å². The van der Waals surface area contributed by atoms with E-state index in [-0.39, 0.29) is 10.6 Å². The molecule has 1 aromatic rings. The number of benzene rings is 1. The van der Waals surface area contributed by atoms with Crippen LogP contribution in [0.25, 0.3) is 0 Å². The smallest absolute Gasteiger partial charge is 0.242 e. The van der Waals surface area contributed by atoms with Crippen molar-refractivity contribution in [2.45, 2.75) is 38.0 Å². The van der Waals surface area contributed by atoms with Crippen molar-refractivity contribution >= 4 is 31.6 Å². The summed E-state index contributed by atoms with van der Waals surface area (Å²) < 4.78 is 27.5. The van der Waals surface area contributed by atoms with Crippen molar-refractivity contribution in [3.05, 3.63) is 22.7 Å². The lowest BCUT2D eigenvalue weighted by Gasteiger charge is -2.09. The van der Waals surface area contributed by atoms with Crippen LogP contribution >= 0.6 is 15.9 Å². The summed E-state index contributed by atoms with van der Waals surface area (Å²) in [5.74, 6) is 0.652. The molecule has 0 aliphatic carbocycles. The minimum atomic E-state index is -3.50. The van der Waals surface area contributed by atoms with Gasteiger partial charge in [0.2, 0.25) is 10.0 Å². The first kappa shape index (κ1) is 16.5. The van der Waals surface area contributed by atoms with Crippen LogP contribution in [0.15, 0.2) is 27.6 Å². The number of hydrogen-bond acceptors (Lipinski definition) is 3. The number of unbranched alkanes of at least 4 members (excludes halogenated alkanes) is 1. The molecule has 3 N–H and O–H groups in total. The minimum Gasteiger partial charge on any atom is -0.398 e. The van der Waals surface area contributed by atoms with Crippen molar-refractivity contribution in [1.29, 1.82) is 0 Å². The highest BCUT2D eigenvalue weighted by molar-refractivity contribution is 9.10. The van der Waals surface area contributed by atoms with Crippen LogP contribution in [0.1, 0.15) is 33.1 Å². The number of nitrogens with one attached hydrogen (secondary N) is 1. The molecule has 0 bridgehead atoms. The normalized spacial score (nSPS) is 12.0. The van der Waals surface area contributed by atoms with E-state index in [1.807, 2.05) is 0 Å². The van der Waals surface area contributed by atoms with Gasteiger partial charge in [0.1, 0.15) is 4.90 Å². The van der Waals surface area contributed by atoms with Crippen LogP contribution < -0.4 is 10.5 Å². The molecule has 0 amide bonds. The fourth-order valence-corrected chi connectivity index (χ4v) is 3.29. The first-order valence-corrected chi connectivity index (χ1v) is 8.65. The second-order valence-electron chi connectivity index (χ2n) is 4.97. The highest BCUT2D eigenvalue weighted by Gasteiger charge is 2.16. The van der Waals surface area contributed by atoms with E-state index < -0.39 is 10.0 Å². The van der Waals surface area contributed by atoms with E-state index in [1.165, 1.54) is 6.07 Å². The molecule has 1 rings (SSSR count). The average molecular weight is 349 g/mol. The maximum atomic E-state index is 12.1. The second-order valence-corrected chi connectivity index (χ2v) is 7.62. The van der Waals surface area contributed by atoms with Gasteiger partial charge in [0, 0.05) is 11.0 Å². The Balaban J connectivity index is 2.56. The predicted octanol–water partition coefficient (Wildman–Crippen LogP) is 3.14. The molecule has 1 aromatic carbocycles. The van der Waals surface area contributed by atoms with Crippen LogP contribution in [0.3, 0.4) is 0 Å². The van der Waals surface area contributed by atoms with E-state index in [1.54, 1.807) is 12.1 Å². The Bertz CT molecular complexity index is 515. The Morgan fingerprint density at radius 2 is 2.00 bits per heavy atom. The molecule has 0 heterocycles. The fourth-order valence-electron chi connectivity index (χ4n) is 1.73. The Kier molecular flexibility index (Phi) is 6.29. The third kappa shape index (κ3) is 5.50. The van der Waals surface area contributed by atoms with Crippen molar-refractivity contribution in [1.82, 2.24) is 4.72 Å². The number of halogens is 1. The molecule has 0 aliphatic rings. The molecule has 0 fully saturated rings. The van der Waals surface area contributed by atoms with Gasteiger partial charge in [-0.05, 0) is 30.5 Å². The largest absolute Gasteiger partial charge is 0.398 e. The molecule has 0 aliphatic heterocycles. The summed E-state index contributed by atoms with van der Waals surface area (Å²) >= 11 is 3.25. The SMILES string of the molecule is CC(C)CCCCNS(=O)(=O)c1ccc(Br)cc1N. The molecule has 0 saturated heterocycles. The van der Waals surface area contributed by atoms with E-state index in [0.29, 0.717) is 12.5 Å². The summed E-state index contributed by atoms with van der Waals surface area (Å²) in [6, 6.07) is 4.77. The van der Waals surface area contributed by atoms with Gasteiger partial charge >= 0.3 is 0 Å². The number of hydrogen-bond donors (Lipinski definition) is 2. The summed E-state index contributed by atoms with van der Waals surface area (Å²) in [6.07, 6.45) is 2.98. The van der Waals surface area contributed by atoms with Gasteiger partial charge in [-0.3, -0.25) is 0 Å². The standard InChI is InChI=1S/C13H21BrN2O2S/c1-10(2)5-3-4-8-16-19(17,18)13-7-6-11(14)9-12(13)15/h6-7,9-10,16H,3-5,8,15H2,1-2H3. The van der Waals surface area contributed by atoms with Crippen LogP contribution in [0, 0.1) is 5.92 Å². The molecule has 0 unspecified atom stereocenters. The number of nitrogen functional groups attached to an aromatic ring is 1. The van der Waals surface area contributed by atoms with E-state index in [9.17, 15) is 8.42 Å². The third-order valence-electron chi connectivity index (χ3n) is 2.76. The Labute approximate surface area is 124 Å². The van der Waals surface area contributed by atoms with Crippen molar-refractivity contribution < 1.29 is 8.42 Å². The van der Waals surface area contributed by atoms with Gasteiger partial charge in [-0.2, -0.15) is 0 Å². The van der Waals surface area contributed by atoms with E-state index >= 15 is 0 Å². The molecular weight excluding hydrogens is 328 g/mol. The Morgan fingerprint density at radius 1 is 1.32 bits per heavy atom. The molecule has 0 radical (unpaired) electrons. The predicted molar refractivity (Wildman–Crippen MR) is 82.4 cm³/mol. The lowest BCUT2D eigenvalue weighted by atomic mass is 10.1. The first-order chi connectivity index (χ1) is 8.83. The number of nitrogens with two attached hydrogens (primary N) is 1. The van der Waals surface area contributed by atoms with Gasteiger partial charge in [0.05, 0.1) is 5.69 Å². The first-order valence-electron chi connectivity index (χ1n) is 6.37. The van der Waals surface area contributed by atoms with Gasteiger partial charge < -0.3 is 5.73 Å². The maximum absolute atomic E-state index is 12.1. The zero-order chi connectivity index (χ0) is 14.5. The maximum Gasteiger partial charge on any atom is 0.242 e. The summed E-state index contributed by atoms with van der Waals surface area (Å²) in [6.45, 7) is 4.77. The van der Waals surface area contributed by atoms with Crippen LogP contribution in [0.2, 0.25) is 0 Å². The quantitative estimate of drug-likeness (QED) is 0.587. The van der Waals surface area contributed by atoms with Crippen molar-refractivity contribution in [3.8, 4) is 0 Å². The molecule has 6 heteroatoms. The molecule has 108 valence electrons. The number of sulfonamides is 1. The summed E-state index contributed by atoms with van der Waals surface area (Å²) in [5, 5.41) is 0. The summed E-state index contributed by atoms with van der Waals surface area (Å²) in [7, 11) is -3.50. The minimum absolute atomic E-state index is 0.138. The highest BCUT2D eigenvalue weighted by Crippen LogP contribution is 2.22. The summed E-state index contributed by atoms with van der Waals surface area (Å²) in [5.41, 5.74) is 5.98. The van der Waals surface area contributed by atoms with Gasteiger partial charge in [-0.1, -0.05) is 42.6 Å². The van der Waals surface area contributed by atoms with Crippen LogP contribution in [-0.4, -0.2) is 15.0 Å². The number of rotatable bonds is 7. The topological polar surface area (TPSA) is 72.2 Å². The van der Waals surface area contributed by atoms with Crippen LogP contribution in [0.4, 0.5) is 5.69 Å². The van der Waals surface area contributed by atoms with Crippen LogP contribution in [-0.2, 0) is 10.0 Å². The van der Waals surface area contributed by atoms with Crippen molar-refractivity contribution in [3.63, 3.8) is 0 Å². The molecule has 0 spiro atoms. The van der Waals surface area contributed by atoms with E-state index in [2.05, 4.69) is 34.5 Å². The zero-order valence-corrected chi connectivity index (χ0v) is 13.7. The second kappa shape index (κ2) is 7.26. The fraction of sp³-hybridized carbons (Fsp3) is 0.538. The van der Waals surface area contributed by atoms with E-state index in [0.717, 1.165) is 23.7 Å². The zero-order valence-electron chi connectivity index (χ0n) is 11.3. The van der Waals surface area contributed by atoms with Crippen molar-refractivity contribution in [2.75, 3.05) is 12.3 Å². The average Bonchev–Trinajstić information content (AvgIpc) is 2.27. The lowest BCUT2D eigenvalue weighted by Crippen LogP contribution is -2.25. The van der Waals surface area contributed by atoms with Crippen molar-refractivity contribution in [2.24, 2.45) is 5.92 Å². The van der Waals surface area contributed by atoms with Crippen LogP contribution in [0.5, 0.6) is 0 Å². The Morgan fingerprint density at radius 3 is 2.58 bits per heavy atom. The third-order valence-corrected chi connectivity index (χ3v) is 4.79. The molecule has 0 aromatic heterocycles. The Hall–Kier alpha value is -0.590. The van der Waals surface area contributed by atoms with Gasteiger partial charge in [0.25, 0.3) is 0 Å². The lowest BCUT2D eigenvalue weighted by molar-refractivity contribution is 0.530. The molecule has 4 nitrogen and oxygen atoms in total. The monoisotopic (exact) mass is 348 g/mol. The molecule has 19 heavy (non-hydrogen) atoms. The molecule has 0 saturated carbocycles.